The predicted octanol–water partition coefficient (Wildman–Crippen LogP) is 3.37. The summed E-state index contributed by atoms with van der Waals surface area (Å²) in [4.78, 5) is 11.9. The Labute approximate surface area is 188 Å². The fourth-order valence-electron chi connectivity index (χ4n) is 4.65. The van der Waals surface area contributed by atoms with E-state index in [1.165, 1.54) is 0 Å². The molecule has 3 heterocycles. The van der Waals surface area contributed by atoms with Gasteiger partial charge in [0.2, 0.25) is 16.0 Å². The number of anilines is 1. The number of rotatable bonds is 5. The van der Waals surface area contributed by atoms with Crippen molar-refractivity contribution in [3.8, 4) is 0 Å². The van der Waals surface area contributed by atoms with Gasteiger partial charge in [0.05, 0.1) is 23.1 Å². The molecule has 2 aromatic carbocycles. The first-order chi connectivity index (χ1) is 15.5. The first-order valence-electron chi connectivity index (χ1n) is 11.2. The van der Waals surface area contributed by atoms with Crippen molar-refractivity contribution in [1.29, 1.82) is 0 Å². The van der Waals surface area contributed by atoms with Gasteiger partial charge in [0.25, 0.3) is 0 Å². The van der Waals surface area contributed by atoms with Gasteiger partial charge in [-0.15, -0.1) is 0 Å². The zero-order valence-corrected chi connectivity index (χ0v) is 18.8. The molecule has 0 bridgehead atoms. The number of hydrogen-bond acceptors (Lipinski definition) is 6. The molecule has 8 heteroatoms. The maximum Gasteiger partial charge on any atom is 0.240 e. The van der Waals surface area contributed by atoms with Gasteiger partial charge in [0.15, 0.2) is 0 Å². The maximum absolute atomic E-state index is 12.4. The normalized spacial score (nSPS) is 21.1. The average molecular weight is 453 g/mol. The van der Waals surface area contributed by atoms with E-state index in [0.29, 0.717) is 13.2 Å². The summed E-state index contributed by atoms with van der Waals surface area (Å²) in [5, 5.41) is 1.05. The Bertz CT molecular complexity index is 1170. The smallest absolute Gasteiger partial charge is 0.240 e. The first-order valence-corrected chi connectivity index (χ1v) is 12.6. The Balaban J connectivity index is 1.14. The Morgan fingerprint density at radius 3 is 2.53 bits per heavy atom. The van der Waals surface area contributed by atoms with E-state index >= 15 is 0 Å². The zero-order valence-electron chi connectivity index (χ0n) is 18.0. The van der Waals surface area contributed by atoms with Crippen molar-refractivity contribution in [3.05, 3.63) is 60.8 Å². The lowest BCUT2D eigenvalue weighted by Crippen LogP contribution is -2.48. The molecule has 5 rings (SSSR count). The number of ether oxygens (including phenoxy) is 1. The molecule has 0 aliphatic carbocycles. The lowest BCUT2D eigenvalue weighted by atomic mass is 9.73. The molecular weight excluding hydrogens is 424 g/mol. The molecule has 2 aliphatic heterocycles. The standard InChI is InChI=1S/C24H28N4O3S/c29-32(30,21-7-2-1-3-8-21)26-17-20-10-11-24(18-31-20)12-14-28(15-13-24)23-25-16-19-6-4-5-9-22(19)27-23/h1-9,16,20,26H,10-15,17-18H2. The molecule has 1 aromatic heterocycles. The first kappa shape index (κ1) is 21.3. The van der Waals surface area contributed by atoms with Gasteiger partial charge in [-0.25, -0.2) is 23.1 Å². The van der Waals surface area contributed by atoms with Crippen LogP contribution in [-0.2, 0) is 14.8 Å². The Morgan fingerprint density at radius 1 is 1.03 bits per heavy atom. The van der Waals surface area contributed by atoms with Crippen LogP contribution in [0.15, 0.2) is 65.7 Å². The Kier molecular flexibility index (Phi) is 5.84. The van der Waals surface area contributed by atoms with Gasteiger partial charge in [0, 0.05) is 31.2 Å². The zero-order chi connectivity index (χ0) is 22.0. The van der Waals surface area contributed by atoms with E-state index in [-0.39, 0.29) is 16.4 Å². The summed E-state index contributed by atoms with van der Waals surface area (Å²) in [7, 11) is -3.50. The highest BCUT2D eigenvalue weighted by Crippen LogP contribution is 2.41. The molecule has 3 aromatic rings. The van der Waals surface area contributed by atoms with Crippen LogP contribution in [0.4, 0.5) is 5.95 Å². The molecular formula is C24H28N4O3S. The predicted molar refractivity (Wildman–Crippen MR) is 124 cm³/mol. The minimum Gasteiger partial charge on any atom is -0.376 e. The number of nitrogens with zero attached hydrogens (tertiary/aromatic N) is 3. The van der Waals surface area contributed by atoms with E-state index in [1.807, 2.05) is 30.5 Å². The van der Waals surface area contributed by atoms with Gasteiger partial charge in [0.1, 0.15) is 0 Å². The fraction of sp³-hybridized carbons (Fsp3) is 0.417. The van der Waals surface area contributed by atoms with E-state index in [1.54, 1.807) is 30.3 Å². The van der Waals surface area contributed by atoms with Gasteiger partial charge in [-0.05, 0) is 49.3 Å². The van der Waals surface area contributed by atoms with E-state index in [4.69, 9.17) is 9.72 Å². The fourth-order valence-corrected chi connectivity index (χ4v) is 5.74. The molecule has 1 atom stereocenters. The monoisotopic (exact) mass is 452 g/mol. The second kappa shape index (κ2) is 8.77. The molecule has 1 spiro atoms. The third kappa shape index (κ3) is 4.48. The van der Waals surface area contributed by atoms with Crippen LogP contribution >= 0.6 is 0 Å². The molecule has 0 saturated carbocycles. The largest absolute Gasteiger partial charge is 0.376 e. The van der Waals surface area contributed by atoms with Crippen molar-refractivity contribution in [2.45, 2.75) is 36.7 Å². The topological polar surface area (TPSA) is 84.4 Å². The number of sulfonamides is 1. The van der Waals surface area contributed by atoms with Crippen LogP contribution in [0.25, 0.3) is 10.9 Å². The quantitative estimate of drug-likeness (QED) is 0.639. The molecule has 168 valence electrons. The van der Waals surface area contributed by atoms with E-state index in [2.05, 4.69) is 14.6 Å². The van der Waals surface area contributed by atoms with Crippen molar-refractivity contribution in [2.24, 2.45) is 5.41 Å². The van der Waals surface area contributed by atoms with Crippen molar-refractivity contribution in [3.63, 3.8) is 0 Å². The molecule has 2 saturated heterocycles. The van der Waals surface area contributed by atoms with Crippen molar-refractivity contribution in [2.75, 3.05) is 31.1 Å². The molecule has 1 unspecified atom stereocenters. The van der Waals surface area contributed by atoms with Crippen LogP contribution in [0.3, 0.4) is 0 Å². The summed E-state index contributed by atoms with van der Waals surface area (Å²) in [5.41, 5.74) is 1.14. The molecule has 1 N–H and O–H groups in total. The van der Waals surface area contributed by atoms with Crippen LogP contribution in [0, 0.1) is 5.41 Å². The number of piperidine rings is 1. The van der Waals surface area contributed by atoms with Gasteiger partial charge in [-0.1, -0.05) is 36.4 Å². The number of hydrogen-bond donors (Lipinski definition) is 1. The lowest BCUT2D eigenvalue weighted by Gasteiger charge is -2.45. The van der Waals surface area contributed by atoms with Gasteiger partial charge >= 0.3 is 0 Å². The van der Waals surface area contributed by atoms with E-state index in [9.17, 15) is 8.42 Å². The highest BCUT2D eigenvalue weighted by atomic mass is 32.2. The summed E-state index contributed by atoms with van der Waals surface area (Å²) in [5.74, 6) is 0.795. The molecule has 32 heavy (non-hydrogen) atoms. The van der Waals surface area contributed by atoms with Crippen LogP contribution in [0.2, 0.25) is 0 Å². The van der Waals surface area contributed by atoms with Crippen molar-refractivity contribution < 1.29 is 13.2 Å². The molecule has 7 nitrogen and oxygen atoms in total. The van der Waals surface area contributed by atoms with Crippen LogP contribution in [-0.4, -0.2) is 50.7 Å². The van der Waals surface area contributed by atoms with Crippen LogP contribution in [0.5, 0.6) is 0 Å². The molecule has 0 radical (unpaired) electrons. The summed E-state index contributed by atoms with van der Waals surface area (Å²) in [6.45, 7) is 2.81. The Hall–Kier alpha value is -2.55. The van der Waals surface area contributed by atoms with Crippen LogP contribution < -0.4 is 9.62 Å². The number of benzene rings is 2. The minimum absolute atomic E-state index is 0.0824. The van der Waals surface area contributed by atoms with Gasteiger partial charge < -0.3 is 9.64 Å². The molecule has 0 amide bonds. The second-order valence-corrected chi connectivity index (χ2v) is 10.6. The number of nitrogens with one attached hydrogen (secondary N) is 1. The summed E-state index contributed by atoms with van der Waals surface area (Å²) in [6, 6.07) is 16.5. The van der Waals surface area contributed by atoms with E-state index in [0.717, 1.165) is 55.6 Å². The van der Waals surface area contributed by atoms with Gasteiger partial charge in [-0.3, -0.25) is 0 Å². The number of fused-ring (bicyclic) bond motifs is 1. The number of aromatic nitrogens is 2. The lowest BCUT2D eigenvalue weighted by molar-refractivity contribution is -0.0691. The average Bonchev–Trinajstić information content (AvgIpc) is 2.85. The second-order valence-electron chi connectivity index (χ2n) is 8.85. The Morgan fingerprint density at radius 2 is 1.78 bits per heavy atom. The van der Waals surface area contributed by atoms with Crippen LogP contribution in [0.1, 0.15) is 25.7 Å². The number of para-hydroxylation sites is 1. The highest BCUT2D eigenvalue weighted by molar-refractivity contribution is 7.89. The SMILES string of the molecule is O=S(=O)(NCC1CCC2(CCN(c3ncc4ccccc4n3)CC2)CO1)c1ccccc1. The van der Waals surface area contributed by atoms with E-state index < -0.39 is 10.0 Å². The minimum atomic E-state index is -3.50. The molecule has 2 aliphatic rings. The third-order valence-corrected chi connectivity index (χ3v) is 8.20. The third-order valence-electron chi connectivity index (χ3n) is 6.76. The van der Waals surface area contributed by atoms with Crippen molar-refractivity contribution >= 4 is 26.9 Å². The summed E-state index contributed by atoms with van der Waals surface area (Å²) < 4.78 is 33.7. The highest BCUT2D eigenvalue weighted by Gasteiger charge is 2.39. The van der Waals surface area contributed by atoms with Gasteiger partial charge in [-0.2, -0.15) is 0 Å². The summed E-state index contributed by atoms with van der Waals surface area (Å²) >= 11 is 0. The maximum atomic E-state index is 12.4. The summed E-state index contributed by atoms with van der Waals surface area (Å²) in [6.07, 6.45) is 5.80. The molecule has 2 fully saturated rings. The van der Waals surface area contributed by atoms with Crippen molar-refractivity contribution in [1.82, 2.24) is 14.7 Å².